The number of ether oxygens (including phenoxy) is 4. The van der Waals surface area contributed by atoms with Gasteiger partial charge in [-0.25, -0.2) is 29.7 Å². The Labute approximate surface area is 260 Å². The highest BCUT2D eigenvalue weighted by atomic mass is 16.5. The molecule has 2 unspecified atom stereocenters. The van der Waals surface area contributed by atoms with Crippen LogP contribution in [-0.2, 0) is 14.2 Å². The van der Waals surface area contributed by atoms with E-state index in [9.17, 15) is 14.4 Å². The lowest BCUT2D eigenvalue weighted by atomic mass is 10.1. The number of esters is 1. The van der Waals surface area contributed by atoms with Crippen molar-refractivity contribution in [3.8, 4) is 5.75 Å². The van der Waals surface area contributed by atoms with Gasteiger partial charge in [0.05, 0.1) is 30.5 Å². The number of aryl methyl sites for hydroxylation is 1. The maximum atomic E-state index is 12.7. The molecule has 7 rings (SSSR count). The normalized spacial score (nSPS) is 18.6. The van der Waals surface area contributed by atoms with E-state index in [1.807, 2.05) is 6.92 Å². The highest BCUT2D eigenvalue weighted by Crippen LogP contribution is 2.29. The number of fused-ring (bicyclic) bond motifs is 1. The van der Waals surface area contributed by atoms with E-state index in [4.69, 9.17) is 23.0 Å². The Morgan fingerprint density at radius 1 is 0.891 bits per heavy atom. The van der Waals surface area contributed by atoms with Gasteiger partial charge in [-0.15, -0.1) is 0 Å². The highest BCUT2D eigenvalue weighted by Gasteiger charge is 2.35. The number of aromatic nitrogens is 3. The molecule has 3 aliphatic heterocycles. The van der Waals surface area contributed by atoms with Crippen LogP contribution in [0.1, 0.15) is 78.6 Å². The lowest BCUT2D eigenvalue weighted by molar-refractivity contribution is 0.0591. The molecular formula is C31H26N6O9. The molecule has 0 spiro atoms. The van der Waals surface area contributed by atoms with E-state index in [2.05, 4.69) is 29.7 Å². The summed E-state index contributed by atoms with van der Waals surface area (Å²) in [6, 6.07) is 8.99. The number of imide groups is 1. The molecular weight excluding hydrogens is 600 g/mol. The topological polar surface area (TPSA) is 181 Å². The summed E-state index contributed by atoms with van der Waals surface area (Å²) in [6.45, 7) is 2.50. The summed E-state index contributed by atoms with van der Waals surface area (Å²) in [5.41, 5.74) is 2.23. The molecule has 3 aliphatic rings. The average Bonchev–Trinajstić information content (AvgIpc) is 3.91. The third-order valence-electron chi connectivity index (χ3n) is 7.34. The number of nitrogens with zero attached hydrogens (tertiary/aromatic N) is 6. The van der Waals surface area contributed by atoms with Gasteiger partial charge in [0.15, 0.2) is 17.8 Å². The third kappa shape index (κ3) is 5.46. The van der Waals surface area contributed by atoms with E-state index in [-0.39, 0.29) is 61.6 Å². The van der Waals surface area contributed by atoms with Crippen molar-refractivity contribution in [1.82, 2.24) is 19.9 Å². The number of carbonyl (C=O) groups excluding carboxylic acids is 3. The number of benzene rings is 1. The summed E-state index contributed by atoms with van der Waals surface area (Å²) in [4.78, 5) is 60.8. The molecule has 4 aromatic rings. The SMILES string of the molecule is COC(=O)c1coc(C2COC(c3cc(OCCCN4C(=O)c5ccccc5C4=O)cc(C4=NC(c5nc(C)co5)CO4)n3)=N2)n1. The Morgan fingerprint density at radius 2 is 1.50 bits per heavy atom. The molecule has 1 aromatic carbocycles. The van der Waals surface area contributed by atoms with Gasteiger partial charge < -0.3 is 27.8 Å². The van der Waals surface area contributed by atoms with Crippen molar-refractivity contribution in [2.45, 2.75) is 25.4 Å². The van der Waals surface area contributed by atoms with Crippen LogP contribution in [0.3, 0.4) is 0 Å². The Balaban J connectivity index is 1.10. The quantitative estimate of drug-likeness (QED) is 0.143. The fraction of sp³-hybridized carbons (Fsp3) is 0.290. The van der Waals surface area contributed by atoms with Crippen molar-refractivity contribution in [3.05, 3.63) is 94.6 Å². The monoisotopic (exact) mass is 626 g/mol. The van der Waals surface area contributed by atoms with E-state index in [1.54, 1.807) is 42.7 Å². The molecule has 234 valence electrons. The molecule has 15 heteroatoms. The number of hydrogen-bond acceptors (Lipinski definition) is 14. The zero-order valence-electron chi connectivity index (χ0n) is 24.7. The van der Waals surface area contributed by atoms with Crippen LogP contribution in [-0.4, -0.2) is 82.9 Å². The summed E-state index contributed by atoms with van der Waals surface area (Å²) < 4.78 is 33.4. The highest BCUT2D eigenvalue weighted by molar-refractivity contribution is 6.21. The largest absolute Gasteiger partial charge is 0.493 e. The molecule has 0 saturated heterocycles. The number of oxazole rings is 2. The van der Waals surface area contributed by atoms with Crippen LogP contribution in [0.4, 0.5) is 0 Å². The van der Waals surface area contributed by atoms with E-state index in [0.717, 1.165) is 5.69 Å². The van der Waals surface area contributed by atoms with Crippen LogP contribution in [0, 0.1) is 6.92 Å². The molecule has 2 atom stereocenters. The van der Waals surface area contributed by atoms with E-state index in [1.165, 1.54) is 18.3 Å². The maximum absolute atomic E-state index is 12.7. The summed E-state index contributed by atoms with van der Waals surface area (Å²) in [5.74, 6) is 0.188. The minimum atomic E-state index is -0.632. The molecule has 0 aliphatic carbocycles. The molecule has 15 nitrogen and oxygen atoms in total. The second-order valence-electron chi connectivity index (χ2n) is 10.5. The summed E-state index contributed by atoms with van der Waals surface area (Å²) in [7, 11) is 1.25. The van der Waals surface area contributed by atoms with Gasteiger partial charge in [0, 0.05) is 18.7 Å². The Bertz CT molecular complexity index is 1880. The molecule has 0 saturated carbocycles. The van der Waals surface area contributed by atoms with Crippen molar-refractivity contribution in [1.29, 1.82) is 0 Å². The lowest BCUT2D eigenvalue weighted by Crippen LogP contribution is -2.31. The van der Waals surface area contributed by atoms with Crippen molar-refractivity contribution in [3.63, 3.8) is 0 Å². The first-order chi connectivity index (χ1) is 22.4. The molecule has 0 radical (unpaired) electrons. The van der Waals surface area contributed by atoms with Crippen LogP contribution in [0.2, 0.25) is 0 Å². The number of rotatable bonds is 10. The molecule has 0 fully saturated rings. The summed E-state index contributed by atoms with van der Waals surface area (Å²) in [6.07, 6.45) is 3.13. The number of pyridine rings is 1. The number of amides is 2. The van der Waals surface area contributed by atoms with Crippen molar-refractivity contribution >= 4 is 29.6 Å². The Hall–Kier alpha value is -5.86. The Kier molecular flexibility index (Phi) is 7.48. The first-order valence-corrected chi connectivity index (χ1v) is 14.4. The fourth-order valence-electron chi connectivity index (χ4n) is 5.11. The van der Waals surface area contributed by atoms with Crippen molar-refractivity contribution < 1.29 is 42.2 Å². The van der Waals surface area contributed by atoms with Crippen molar-refractivity contribution in [2.24, 2.45) is 9.98 Å². The van der Waals surface area contributed by atoms with Crippen LogP contribution in [0.15, 0.2) is 67.7 Å². The van der Waals surface area contributed by atoms with Gasteiger partial charge in [-0.3, -0.25) is 14.5 Å². The van der Waals surface area contributed by atoms with E-state index < -0.39 is 18.1 Å². The van der Waals surface area contributed by atoms with Gasteiger partial charge in [-0.1, -0.05) is 12.1 Å². The fourth-order valence-corrected chi connectivity index (χ4v) is 5.11. The predicted molar refractivity (Wildman–Crippen MR) is 156 cm³/mol. The predicted octanol–water partition coefficient (Wildman–Crippen LogP) is 3.25. The molecule has 3 aromatic heterocycles. The lowest BCUT2D eigenvalue weighted by Gasteiger charge is -2.14. The van der Waals surface area contributed by atoms with Crippen LogP contribution < -0.4 is 4.74 Å². The van der Waals surface area contributed by atoms with E-state index in [0.29, 0.717) is 40.6 Å². The molecule has 46 heavy (non-hydrogen) atoms. The van der Waals surface area contributed by atoms with Gasteiger partial charge in [0.1, 0.15) is 42.9 Å². The standard InChI is InChI=1S/C31H26N6O9/c1-16-12-43-27(32-16)22-13-44-25(34-22)20-10-17(42-9-5-8-37-29(38)18-6-3-4-7-19(18)30(37)39)11-21(33-20)26-35-23(14-45-26)28-36-24(15-46-28)31(40)41-2/h3-4,6-7,10-12,15,22-23H,5,8-9,13-14H2,1-2H3. The number of aliphatic imine (C=N–C) groups is 2. The van der Waals surface area contributed by atoms with Crippen molar-refractivity contribution in [2.75, 3.05) is 33.5 Å². The van der Waals surface area contributed by atoms with Gasteiger partial charge >= 0.3 is 5.97 Å². The Morgan fingerprint density at radius 3 is 2.09 bits per heavy atom. The van der Waals surface area contributed by atoms with Gasteiger partial charge in [0.2, 0.25) is 23.6 Å². The summed E-state index contributed by atoms with van der Waals surface area (Å²) >= 11 is 0. The molecule has 2 amide bonds. The first kappa shape index (κ1) is 28.9. The molecule has 0 N–H and O–H groups in total. The number of hydrogen-bond donors (Lipinski definition) is 0. The van der Waals surface area contributed by atoms with Crippen LogP contribution in [0.5, 0.6) is 5.75 Å². The third-order valence-corrected chi connectivity index (χ3v) is 7.34. The minimum absolute atomic E-state index is 0.0188. The van der Waals surface area contributed by atoms with Gasteiger partial charge in [0.25, 0.3) is 11.8 Å². The average molecular weight is 627 g/mol. The first-order valence-electron chi connectivity index (χ1n) is 14.4. The van der Waals surface area contributed by atoms with Gasteiger partial charge in [-0.05, 0) is 25.5 Å². The minimum Gasteiger partial charge on any atom is -0.493 e. The summed E-state index contributed by atoms with van der Waals surface area (Å²) in [5, 5.41) is 0. The van der Waals surface area contributed by atoms with Crippen LogP contribution >= 0.6 is 0 Å². The zero-order chi connectivity index (χ0) is 31.8. The second kappa shape index (κ2) is 11.9. The second-order valence-corrected chi connectivity index (χ2v) is 10.5. The molecule has 0 bridgehead atoms. The van der Waals surface area contributed by atoms with Crippen LogP contribution in [0.25, 0.3) is 0 Å². The number of methoxy groups -OCH3 is 1. The zero-order valence-corrected chi connectivity index (χ0v) is 24.7. The van der Waals surface area contributed by atoms with Gasteiger partial charge in [-0.2, -0.15) is 0 Å². The maximum Gasteiger partial charge on any atom is 0.360 e. The van der Waals surface area contributed by atoms with E-state index >= 15 is 0 Å². The smallest absolute Gasteiger partial charge is 0.360 e. The molecule has 6 heterocycles. The number of carbonyl (C=O) groups is 3.